The fourth-order valence-corrected chi connectivity index (χ4v) is 2.07. The van der Waals surface area contributed by atoms with E-state index in [0.717, 1.165) is 0 Å². The van der Waals surface area contributed by atoms with E-state index in [1.807, 2.05) is 0 Å². The van der Waals surface area contributed by atoms with Crippen LogP contribution < -0.4 is 5.73 Å². The Morgan fingerprint density at radius 1 is 1.00 bits per heavy atom. The zero-order valence-electron chi connectivity index (χ0n) is 10.5. The minimum Gasteiger partial charge on any atom is -0.506 e. The third kappa shape index (κ3) is 2.66. The van der Waals surface area contributed by atoms with Gasteiger partial charge in [0, 0.05) is 11.1 Å². The second-order valence-corrected chi connectivity index (χ2v) is 5.14. The number of nitrogen functional groups attached to an aromatic ring is 1. The van der Waals surface area contributed by atoms with Crippen LogP contribution in [0.5, 0.6) is 5.75 Å². The van der Waals surface area contributed by atoms with Gasteiger partial charge in [0.25, 0.3) is 5.89 Å². The van der Waals surface area contributed by atoms with E-state index in [9.17, 15) is 5.11 Å². The zero-order chi connectivity index (χ0) is 15.0. The number of anilines is 1. The summed E-state index contributed by atoms with van der Waals surface area (Å²) in [6, 6.07) is 9.75. The Balaban J connectivity index is 1.99. The number of aromatic nitrogens is 2. The second kappa shape index (κ2) is 5.27. The van der Waals surface area contributed by atoms with E-state index in [2.05, 4.69) is 10.1 Å². The van der Waals surface area contributed by atoms with Gasteiger partial charge in [-0.15, -0.1) is 0 Å². The largest absolute Gasteiger partial charge is 0.506 e. The predicted molar refractivity (Wildman–Crippen MR) is 81.3 cm³/mol. The molecule has 0 aliphatic rings. The molecule has 0 aliphatic heterocycles. The van der Waals surface area contributed by atoms with Crippen molar-refractivity contribution in [2.75, 3.05) is 5.73 Å². The minimum absolute atomic E-state index is 0.0400. The predicted octanol–water partition coefficient (Wildman–Crippen LogP) is 4.00. The van der Waals surface area contributed by atoms with Gasteiger partial charge in [-0.25, -0.2) is 0 Å². The normalized spacial score (nSPS) is 10.8. The van der Waals surface area contributed by atoms with E-state index in [-0.39, 0.29) is 17.3 Å². The average Bonchev–Trinajstić information content (AvgIpc) is 2.94. The van der Waals surface area contributed by atoms with E-state index < -0.39 is 0 Å². The summed E-state index contributed by atoms with van der Waals surface area (Å²) >= 11 is 11.8. The SMILES string of the molecule is Nc1ccc(-c2nc(-c3ccc(Cl)c(Cl)c3)no2)cc1O. The molecule has 5 nitrogen and oxygen atoms in total. The number of rotatable bonds is 2. The lowest BCUT2D eigenvalue weighted by atomic mass is 10.2. The molecule has 106 valence electrons. The molecule has 7 heteroatoms. The molecule has 2 aromatic carbocycles. The first-order valence-corrected chi connectivity index (χ1v) is 6.68. The molecule has 1 heterocycles. The second-order valence-electron chi connectivity index (χ2n) is 4.33. The first-order valence-electron chi connectivity index (χ1n) is 5.92. The van der Waals surface area contributed by atoms with E-state index in [1.54, 1.807) is 30.3 Å². The first kappa shape index (κ1) is 13.7. The topological polar surface area (TPSA) is 85.2 Å². The van der Waals surface area contributed by atoms with Gasteiger partial charge < -0.3 is 15.4 Å². The Bertz CT molecular complexity index is 752. The van der Waals surface area contributed by atoms with Gasteiger partial charge in [0.15, 0.2) is 0 Å². The molecule has 0 fully saturated rings. The van der Waals surface area contributed by atoms with Crippen LogP contribution in [0.2, 0.25) is 10.0 Å². The minimum atomic E-state index is -0.0400. The number of aromatic hydroxyl groups is 1. The van der Waals surface area contributed by atoms with Crippen molar-refractivity contribution in [3.8, 4) is 28.6 Å². The number of benzene rings is 2. The van der Waals surface area contributed by atoms with E-state index in [1.165, 1.54) is 6.07 Å². The monoisotopic (exact) mass is 321 g/mol. The number of nitrogens with zero attached hydrogens (tertiary/aromatic N) is 2. The summed E-state index contributed by atoms with van der Waals surface area (Å²) < 4.78 is 5.18. The molecule has 0 saturated carbocycles. The van der Waals surface area contributed by atoms with Crippen LogP contribution in [0.4, 0.5) is 5.69 Å². The molecule has 0 atom stereocenters. The van der Waals surface area contributed by atoms with Crippen molar-refractivity contribution in [2.24, 2.45) is 0 Å². The highest BCUT2D eigenvalue weighted by molar-refractivity contribution is 6.42. The number of hydrogen-bond acceptors (Lipinski definition) is 5. The summed E-state index contributed by atoms with van der Waals surface area (Å²) in [5.74, 6) is 0.605. The van der Waals surface area contributed by atoms with Crippen LogP contribution >= 0.6 is 23.2 Å². The number of phenols is 1. The highest BCUT2D eigenvalue weighted by atomic mass is 35.5. The average molecular weight is 322 g/mol. The van der Waals surface area contributed by atoms with Gasteiger partial charge in [-0.1, -0.05) is 28.4 Å². The number of hydrogen-bond donors (Lipinski definition) is 2. The van der Waals surface area contributed by atoms with Crippen LogP contribution in [-0.4, -0.2) is 15.2 Å². The maximum atomic E-state index is 9.61. The Morgan fingerprint density at radius 2 is 1.76 bits per heavy atom. The molecular formula is C14H9Cl2N3O2. The van der Waals surface area contributed by atoms with Crippen molar-refractivity contribution in [3.63, 3.8) is 0 Å². The highest BCUT2D eigenvalue weighted by Gasteiger charge is 2.13. The van der Waals surface area contributed by atoms with E-state index >= 15 is 0 Å². The van der Waals surface area contributed by atoms with Crippen LogP contribution in [0.25, 0.3) is 22.8 Å². The molecule has 1 aromatic heterocycles. The van der Waals surface area contributed by atoms with Crippen molar-refractivity contribution < 1.29 is 9.63 Å². The van der Waals surface area contributed by atoms with Gasteiger partial charge in [-0.05, 0) is 36.4 Å². The summed E-state index contributed by atoms with van der Waals surface area (Å²) in [6.07, 6.45) is 0. The van der Waals surface area contributed by atoms with Gasteiger partial charge >= 0.3 is 0 Å². The van der Waals surface area contributed by atoms with Crippen molar-refractivity contribution in [1.82, 2.24) is 10.1 Å². The molecule has 3 aromatic rings. The molecule has 3 rings (SSSR count). The lowest BCUT2D eigenvalue weighted by Crippen LogP contribution is -1.86. The Labute approximate surface area is 129 Å². The molecule has 21 heavy (non-hydrogen) atoms. The lowest BCUT2D eigenvalue weighted by Gasteiger charge is -1.99. The summed E-state index contributed by atoms with van der Waals surface area (Å²) in [7, 11) is 0. The van der Waals surface area contributed by atoms with Crippen LogP contribution in [0.15, 0.2) is 40.9 Å². The van der Waals surface area contributed by atoms with Gasteiger partial charge in [-0.2, -0.15) is 4.98 Å². The van der Waals surface area contributed by atoms with Crippen molar-refractivity contribution in [2.45, 2.75) is 0 Å². The molecule has 0 bridgehead atoms. The summed E-state index contributed by atoms with van der Waals surface area (Å²) in [4.78, 5) is 4.26. The maximum Gasteiger partial charge on any atom is 0.258 e. The van der Waals surface area contributed by atoms with Crippen molar-refractivity contribution in [3.05, 3.63) is 46.4 Å². The number of halogens is 2. The number of nitrogens with two attached hydrogens (primary N) is 1. The van der Waals surface area contributed by atoms with Crippen LogP contribution in [0, 0.1) is 0 Å². The van der Waals surface area contributed by atoms with Gasteiger partial charge in [-0.3, -0.25) is 0 Å². The maximum absolute atomic E-state index is 9.61. The molecule has 0 aliphatic carbocycles. The quantitative estimate of drug-likeness (QED) is 0.550. The Morgan fingerprint density at radius 3 is 2.48 bits per heavy atom. The summed E-state index contributed by atoms with van der Waals surface area (Å²) in [5.41, 5.74) is 7.08. The van der Waals surface area contributed by atoms with Crippen molar-refractivity contribution >= 4 is 28.9 Å². The van der Waals surface area contributed by atoms with Gasteiger partial charge in [0.1, 0.15) is 5.75 Å². The zero-order valence-corrected chi connectivity index (χ0v) is 12.1. The van der Waals surface area contributed by atoms with Gasteiger partial charge in [0.2, 0.25) is 5.82 Å². The van der Waals surface area contributed by atoms with Crippen LogP contribution in [-0.2, 0) is 0 Å². The fraction of sp³-hybridized carbons (Fsp3) is 0. The molecule has 0 amide bonds. The van der Waals surface area contributed by atoms with E-state index in [0.29, 0.717) is 27.0 Å². The van der Waals surface area contributed by atoms with E-state index in [4.69, 9.17) is 33.5 Å². The standard InChI is InChI=1S/C14H9Cl2N3O2/c15-9-3-1-7(5-10(9)16)13-18-14(21-19-13)8-2-4-11(17)12(20)6-8/h1-6,20H,17H2. The molecule has 3 N–H and O–H groups in total. The van der Waals surface area contributed by atoms with Gasteiger partial charge in [0.05, 0.1) is 15.7 Å². The van der Waals surface area contributed by atoms with Crippen LogP contribution in [0.3, 0.4) is 0 Å². The fourth-order valence-electron chi connectivity index (χ4n) is 1.77. The number of phenolic OH excluding ortho intramolecular Hbond substituents is 1. The van der Waals surface area contributed by atoms with Crippen LogP contribution in [0.1, 0.15) is 0 Å². The molecular weight excluding hydrogens is 313 g/mol. The third-order valence-electron chi connectivity index (χ3n) is 2.88. The summed E-state index contributed by atoms with van der Waals surface area (Å²) in [5, 5.41) is 14.3. The Kier molecular flexibility index (Phi) is 3.45. The smallest absolute Gasteiger partial charge is 0.258 e. The molecule has 0 spiro atoms. The van der Waals surface area contributed by atoms with Crippen molar-refractivity contribution in [1.29, 1.82) is 0 Å². The molecule has 0 unspecified atom stereocenters. The third-order valence-corrected chi connectivity index (χ3v) is 3.62. The summed E-state index contributed by atoms with van der Waals surface area (Å²) in [6.45, 7) is 0. The molecule has 0 saturated heterocycles. The first-order chi connectivity index (χ1) is 10.0. The highest BCUT2D eigenvalue weighted by Crippen LogP contribution is 2.30. The lowest BCUT2D eigenvalue weighted by molar-refractivity contribution is 0.431. The Hall–Kier alpha value is -2.24. The molecule has 0 radical (unpaired) electrons.